The summed E-state index contributed by atoms with van der Waals surface area (Å²) < 4.78 is 47.6. The fourth-order valence-corrected chi connectivity index (χ4v) is 4.39. The number of terminal acetylenes is 1. The predicted molar refractivity (Wildman–Crippen MR) is 121 cm³/mol. The first-order valence-corrected chi connectivity index (χ1v) is 11.7. The molecule has 35 heavy (non-hydrogen) atoms. The number of H-pyrrole nitrogens is 1. The van der Waals surface area contributed by atoms with Crippen LogP contribution in [0.4, 0.5) is 5.82 Å². The number of carbonyl (C=O) groups excluding carboxylic acids is 2. The number of hydrogen-bond donors (Lipinski definition) is 2. The quantitative estimate of drug-likeness (QED) is 0.291. The van der Waals surface area contributed by atoms with Crippen LogP contribution in [0.5, 0.6) is 0 Å². The molecule has 2 aromatic rings. The van der Waals surface area contributed by atoms with Crippen molar-refractivity contribution in [2.75, 3.05) is 11.9 Å². The number of aromatic nitrogens is 2. The second kappa shape index (κ2) is 10.7. The molecule has 1 aliphatic rings. The third kappa shape index (κ3) is 6.44. The first-order valence-electron chi connectivity index (χ1n) is 10.3. The lowest BCUT2D eigenvalue weighted by Gasteiger charge is -2.24. The number of ether oxygens (including phenoxy) is 3. The molecular weight excluding hydrogens is 482 g/mol. The van der Waals surface area contributed by atoms with Gasteiger partial charge in [-0.05, 0) is 19.1 Å². The molecule has 0 amide bonds. The maximum absolute atomic E-state index is 13.0. The lowest BCUT2D eigenvalue weighted by molar-refractivity contribution is -0.151. The Morgan fingerprint density at radius 1 is 1.20 bits per heavy atom. The summed E-state index contributed by atoms with van der Waals surface area (Å²) in [4.78, 5) is 40.8. The van der Waals surface area contributed by atoms with Gasteiger partial charge in [-0.1, -0.05) is 23.6 Å². The van der Waals surface area contributed by atoms with E-state index in [2.05, 4.69) is 21.2 Å². The Morgan fingerprint density at radius 3 is 2.49 bits per heavy atom. The molecule has 0 radical (unpaired) electrons. The Labute approximate surface area is 201 Å². The highest BCUT2D eigenvalue weighted by Crippen LogP contribution is 2.31. The van der Waals surface area contributed by atoms with Crippen LogP contribution in [-0.4, -0.2) is 61.5 Å². The molecule has 1 aromatic heterocycles. The molecule has 3 rings (SSSR count). The zero-order chi connectivity index (χ0) is 25.8. The Balaban J connectivity index is 1.98. The van der Waals surface area contributed by atoms with Crippen molar-refractivity contribution in [1.29, 1.82) is 0 Å². The molecule has 0 aliphatic carbocycles. The summed E-state index contributed by atoms with van der Waals surface area (Å²) in [5.74, 6) is 0.926. The summed E-state index contributed by atoms with van der Waals surface area (Å²) in [6.07, 6.45) is 1.38. The summed E-state index contributed by atoms with van der Waals surface area (Å²) in [6, 6.07) is 5.90. The minimum Gasteiger partial charge on any atom is -0.463 e. The van der Waals surface area contributed by atoms with Crippen LogP contribution in [0.25, 0.3) is 0 Å². The van der Waals surface area contributed by atoms with Crippen molar-refractivity contribution in [3.05, 3.63) is 52.1 Å². The van der Waals surface area contributed by atoms with Crippen LogP contribution in [0.15, 0.2) is 40.2 Å². The number of nitrogens with zero attached hydrogens (tertiary/aromatic N) is 1. The predicted octanol–water partition coefficient (Wildman–Crippen LogP) is 0.465. The van der Waals surface area contributed by atoms with E-state index in [1.54, 1.807) is 19.1 Å². The molecule has 186 valence electrons. The number of anilines is 1. The third-order valence-electron chi connectivity index (χ3n) is 4.86. The molecule has 0 unspecified atom stereocenters. The van der Waals surface area contributed by atoms with E-state index in [0.29, 0.717) is 0 Å². The van der Waals surface area contributed by atoms with E-state index in [0.717, 1.165) is 25.6 Å². The number of rotatable bonds is 8. The summed E-state index contributed by atoms with van der Waals surface area (Å²) >= 11 is 0. The Kier molecular flexibility index (Phi) is 7.90. The summed E-state index contributed by atoms with van der Waals surface area (Å²) in [6.45, 7) is 3.66. The Morgan fingerprint density at radius 2 is 1.89 bits per heavy atom. The van der Waals surface area contributed by atoms with Gasteiger partial charge in [-0.3, -0.25) is 18.8 Å². The van der Waals surface area contributed by atoms with Gasteiger partial charge in [-0.2, -0.15) is 8.42 Å². The number of nitrogens with one attached hydrogen (secondary N) is 2. The van der Waals surface area contributed by atoms with Crippen molar-refractivity contribution in [3.63, 3.8) is 0 Å². The lowest BCUT2D eigenvalue weighted by atomic mass is 10.1. The number of aromatic amines is 1. The number of benzene rings is 1. The smallest absolute Gasteiger partial charge is 0.346 e. The van der Waals surface area contributed by atoms with Crippen molar-refractivity contribution >= 4 is 27.9 Å². The highest BCUT2D eigenvalue weighted by molar-refractivity contribution is 7.86. The molecule has 2 N–H and O–H groups in total. The molecule has 12 nitrogen and oxygen atoms in total. The fourth-order valence-electron chi connectivity index (χ4n) is 3.28. The molecule has 0 bridgehead atoms. The molecule has 0 spiro atoms. The lowest BCUT2D eigenvalue weighted by Crippen LogP contribution is -2.43. The van der Waals surface area contributed by atoms with Crippen LogP contribution in [0.2, 0.25) is 0 Å². The fraction of sp³-hybridized carbons (Fsp3) is 0.364. The van der Waals surface area contributed by atoms with E-state index in [1.165, 1.54) is 12.1 Å². The van der Waals surface area contributed by atoms with E-state index in [-0.39, 0.29) is 16.3 Å². The molecule has 1 aromatic carbocycles. The SMILES string of the molecule is C#Cc1cnc(=O)[nH]c1N[C@@H]1O[C@H](COC(C)=O)[C@H](OS(=O)(=O)c2ccc(C)cc2)[C@H]1OC(C)=O. The zero-order valence-corrected chi connectivity index (χ0v) is 19.8. The van der Waals surface area contributed by atoms with E-state index >= 15 is 0 Å². The minimum atomic E-state index is -4.36. The van der Waals surface area contributed by atoms with Gasteiger partial charge in [0.1, 0.15) is 24.6 Å². The van der Waals surface area contributed by atoms with E-state index in [1.807, 2.05) is 0 Å². The van der Waals surface area contributed by atoms with Crippen LogP contribution in [0, 0.1) is 19.3 Å². The maximum Gasteiger partial charge on any atom is 0.346 e. The molecular formula is C22H23N3O9S. The van der Waals surface area contributed by atoms with Gasteiger partial charge >= 0.3 is 17.6 Å². The number of esters is 2. The molecule has 1 aliphatic heterocycles. The number of carbonyl (C=O) groups is 2. The van der Waals surface area contributed by atoms with Gasteiger partial charge < -0.3 is 19.5 Å². The number of hydrogen-bond acceptors (Lipinski definition) is 11. The number of aryl methyl sites for hydroxylation is 1. The standard InChI is InChI=1S/C22H23N3O9S/c1-5-15-10-23-22(28)25-20(15)24-21-19(32-14(4)27)18(17(33-21)11-31-13(3)26)34-35(29,30)16-8-6-12(2)7-9-16/h1,6-10,17-19,21H,11H2,2-4H3,(H2,23,24,25,28)/t17-,18+,19-,21-/m1/s1. The summed E-state index contributed by atoms with van der Waals surface area (Å²) in [7, 11) is -4.36. The van der Waals surface area contributed by atoms with Gasteiger partial charge in [0.15, 0.2) is 12.3 Å². The second-order valence-corrected chi connectivity index (χ2v) is 9.14. The van der Waals surface area contributed by atoms with Gasteiger partial charge in [0.25, 0.3) is 10.1 Å². The van der Waals surface area contributed by atoms with Crippen LogP contribution < -0.4 is 11.0 Å². The van der Waals surface area contributed by atoms with E-state index < -0.39 is 58.9 Å². The normalized spacial score (nSPS) is 21.7. The van der Waals surface area contributed by atoms with Gasteiger partial charge in [0.05, 0.1) is 16.7 Å². The molecule has 1 saturated heterocycles. The Hall–Kier alpha value is -3.73. The summed E-state index contributed by atoms with van der Waals surface area (Å²) in [5, 5.41) is 2.78. The first-order chi connectivity index (χ1) is 16.5. The Bertz CT molecular complexity index is 1300. The van der Waals surface area contributed by atoms with Crippen LogP contribution in [0.1, 0.15) is 25.0 Å². The van der Waals surface area contributed by atoms with Gasteiger partial charge in [0, 0.05) is 13.8 Å². The monoisotopic (exact) mass is 505 g/mol. The minimum absolute atomic E-state index is 0.0166. The highest BCUT2D eigenvalue weighted by Gasteiger charge is 2.51. The molecule has 0 saturated carbocycles. The summed E-state index contributed by atoms with van der Waals surface area (Å²) in [5.41, 5.74) is 0.265. The van der Waals surface area contributed by atoms with Crippen LogP contribution in [0.3, 0.4) is 0 Å². The van der Waals surface area contributed by atoms with Gasteiger partial charge in [0.2, 0.25) is 0 Å². The third-order valence-corrected chi connectivity index (χ3v) is 6.19. The van der Waals surface area contributed by atoms with Crippen LogP contribution in [-0.2, 0) is 38.1 Å². The first kappa shape index (κ1) is 25.9. The van der Waals surface area contributed by atoms with Crippen molar-refractivity contribution in [2.24, 2.45) is 0 Å². The second-order valence-electron chi connectivity index (χ2n) is 7.57. The van der Waals surface area contributed by atoms with Crippen molar-refractivity contribution in [3.8, 4) is 12.3 Å². The van der Waals surface area contributed by atoms with Gasteiger partial charge in [-0.15, -0.1) is 6.42 Å². The van der Waals surface area contributed by atoms with E-state index in [9.17, 15) is 22.8 Å². The van der Waals surface area contributed by atoms with Crippen LogP contribution >= 0.6 is 0 Å². The van der Waals surface area contributed by atoms with E-state index in [4.69, 9.17) is 24.8 Å². The van der Waals surface area contributed by atoms with Crippen molar-refractivity contribution in [2.45, 2.75) is 50.2 Å². The molecule has 1 fully saturated rings. The average Bonchev–Trinajstić information content (AvgIpc) is 3.07. The zero-order valence-electron chi connectivity index (χ0n) is 19.0. The topological polar surface area (TPSA) is 163 Å². The largest absolute Gasteiger partial charge is 0.463 e. The molecule has 4 atom stereocenters. The molecule has 2 heterocycles. The highest BCUT2D eigenvalue weighted by atomic mass is 32.2. The van der Waals surface area contributed by atoms with Crippen molar-refractivity contribution < 1.29 is 36.4 Å². The average molecular weight is 506 g/mol. The molecule has 13 heteroatoms. The van der Waals surface area contributed by atoms with Crippen molar-refractivity contribution in [1.82, 2.24) is 9.97 Å². The maximum atomic E-state index is 13.0. The van der Waals surface area contributed by atoms with Gasteiger partial charge in [-0.25, -0.2) is 9.78 Å².